The molecule has 1 N–H and O–H groups in total. The Morgan fingerprint density at radius 3 is 2.69 bits per heavy atom. The lowest BCUT2D eigenvalue weighted by molar-refractivity contribution is -0.122. The molecule has 2 unspecified atom stereocenters. The quantitative estimate of drug-likeness (QED) is 0.845. The summed E-state index contributed by atoms with van der Waals surface area (Å²) >= 11 is 0. The molecule has 1 aromatic rings. The number of carbonyl (C=O) groups excluding carboxylic acids is 1. The maximum Gasteiger partial charge on any atom is 0.243 e. The molecule has 2 heterocycles. The molecule has 0 saturated carbocycles. The van der Waals surface area contributed by atoms with E-state index in [1.165, 1.54) is 19.9 Å². The van der Waals surface area contributed by atoms with E-state index in [-0.39, 0.29) is 23.4 Å². The Morgan fingerprint density at radius 1 is 1.19 bits per heavy atom. The van der Waals surface area contributed by atoms with E-state index in [4.69, 9.17) is 0 Å². The van der Waals surface area contributed by atoms with Crippen LogP contribution in [0.2, 0.25) is 0 Å². The second-order valence-corrected chi connectivity index (χ2v) is 9.61. The van der Waals surface area contributed by atoms with Crippen molar-refractivity contribution in [2.45, 2.75) is 56.5 Å². The lowest BCUT2D eigenvalue weighted by Crippen LogP contribution is -2.49. The molecule has 0 aliphatic carbocycles. The molecule has 3 rings (SSSR count). The van der Waals surface area contributed by atoms with Crippen molar-refractivity contribution in [1.29, 1.82) is 0 Å². The molecule has 0 aromatic heterocycles. The first-order chi connectivity index (χ1) is 12.3. The molecule has 7 heteroatoms. The Bertz CT molecular complexity index is 778. The summed E-state index contributed by atoms with van der Waals surface area (Å²) in [4.78, 5) is 15.1. The third-order valence-electron chi connectivity index (χ3n) is 5.76. The number of likely N-dealkylation sites (N-methyl/N-ethyl adjacent to an activating group) is 1. The van der Waals surface area contributed by atoms with Gasteiger partial charge < -0.3 is 5.32 Å². The van der Waals surface area contributed by atoms with Gasteiger partial charge in [-0.1, -0.05) is 12.5 Å². The van der Waals surface area contributed by atoms with Crippen LogP contribution in [0.4, 0.5) is 0 Å². The molecule has 1 aromatic carbocycles. The summed E-state index contributed by atoms with van der Waals surface area (Å²) in [5.41, 5.74) is 1.97. The lowest BCUT2D eigenvalue weighted by atomic mass is 9.99. The molecule has 2 atom stereocenters. The fourth-order valence-corrected chi connectivity index (χ4v) is 5.22. The summed E-state index contributed by atoms with van der Waals surface area (Å²) in [7, 11) is -2.20. The number of fused-ring (bicyclic) bond motifs is 1. The number of hydrogen-bond donors (Lipinski definition) is 1. The second kappa shape index (κ2) is 7.66. The molecular formula is C19H29N3O3S. The number of amides is 1. The maximum absolute atomic E-state index is 12.7. The van der Waals surface area contributed by atoms with Crippen molar-refractivity contribution in [2.24, 2.45) is 0 Å². The van der Waals surface area contributed by atoms with Gasteiger partial charge in [-0.05, 0) is 62.9 Å². The summed E-state index contributed by atoms with van der Waals surface area (Å²) < 4.78 is 26.6. The molecule has 144 valence electrons. The van der Waals surface area contributed by atoms with E-state index in [1.807, 2.05) is 13.8 Å². The Hall–Kier alpha value is -1.44. The van der Waals surface area contributed by atoms with E-state index in [0.29, 0.717) is 6.04 Å². The van der Waals surface area contributed by atoms with E-state index < -0.39 is 10.0 Å². The van der Waals surface area contributed by atoms with Crippen LogP contribution in [0.3, 0.4) is 0 Å². The average molecular weight is 380 g/mol. The number of aryl methyl sites for hydroxylation is 2. The minimum atomic E-state index is -3.67. The number of rotatable bonds is 5. The first-order valence-corrected chi connectivity index (χ1v) is 10.8. The topological polar surface area (TPSA) is 69.7 Å². The zero-order valence-corrected chi connectivity index (χ0v) is 16.7. The van der Waals surface area contributed by atoms with Crippen molar-refractivity contribution in [3.8, 4) is 0 Å². The molecule has 2 aliphatic rings. The third kappa shape index (κ3) is 3.94. The zero-order chi connectivity index (χ0) is 18.9. The van der Waals surface area contributed by atoms with Gasteiger partial charge in [-0.25, -0.2) is 8.42 Å². The number of piperidine rings is 1. The summed E-state index contributed by atoms with van der Waals surface area (Å²) in [5.74, 6) is -0.225. The summed E-state index contributed by atoms with van der Waals surface area (Å²) in [5, 5.41) is 3.07. The van der Waals surface area contributed by atoms with Crippen LogP contribution in [0.15, 0.2) is 23.1 Å². The predicted octanol–water partition coefficient (Wildman–Crippen LogP) is 1.67. The summed E-state index contributed by atoms with van der Waals surface area (Å²) in [6, 6.07) is 5.61. The van der Waals surface area contributed by atoms with Crippen molar-refractivity contribution < 1.29 is 13.2 Å². The van der Waals surface area contributed by atoms with Crippen molar-refractivity contribution in [3.05, 3.63) is 29.3 Å². The van der Waals surface area contributed by atoms with E-state index >= 15 is 0 Å². The van der Waals surface area contributed by atoms with Gasteiger partial charge in [-0.15, -0.1) is 0 Å². The van der Waals surface area contributed by atoms with Gasteiger partial charge in [-0.2, -0.15) is 4.31 Å². The van der Waals surface area contributed by atoms with Crippen LogP contribution in [0.25, 0.3) is 0 Å². The normalized spacial score (nSPS) is 23.8. The minimum Gasteiger partial charge on any atom is -0.351 e. The number of nitrogens with one attached hydrogen (secondary N) is 1. The molecule has 0 spiro atoms. The van der Waals surface area contributed by atoms with Crippen LogP contribution in [0, 0.1) is 13.8 Å². The first kappa shape index (κ1) is 19.3. The number of sulfonamides is 1. The molecule has 0 radical (unpaired) electrons. The zero-order valence-electron chi connectivity index (χ0n) is 15.9. The lowest BCUT2D eigenvalue weighted by Gasteiger charge is -2.32. The fraction of sp³-hybridized carbons (Fsp3) is 0.632. The Labute approximate surface area is 156 Å². The monoisotopic (exact) mass is 379 g/mol. The van der Waals surface area contributed by atoms with Crippen LogP contribution in [-0.4, -0.2) is 62.3 Å². The first-order valence-electron chi connectivity index (χ1n) is 9.36. The highest BCUT2D eigenvalue weighted by Gasteiger charge is 2.36. The van der Waals surface area contributed by atoms with Crippen LogP contribution in [0.5, 0.6) is 0 Å². The van der Waals surface area contributed by atoms with Crippen molar-refractivity contribution in [1.82, 2.24) is 14.5 Å². The van der Waals surface area contributed by atoms with Crippen molar-refractivity contribution >= 4 is 15.9 Å². The summed E-state index contributed by atoms with van der Waals surface area (Å²) in [6.07, 6.45) is 4.49. The molecule has 6 nitrogen and oxygen atoms in total. The summed E-state index contributed by atoms with van der Waals surface area (Å²) in [6.45, 7) is 5.80. The van der Waals surface area contributed by atoms with Crippen molar-refractivity contribution in [3.63, 3.8) is 0 Å². The molecule has 26 heavy (non-hydrogen) atoms. The van der Waals surface area contributed by atoms with E-state index in [1.54, 1.807) is 18.2 Å². The molecular weight excluding hydrogens is 350 g/mol. The number of benzene rings is 1. The van der Waals surface area contributed by atoms with Gasteiger partial charge in [0.2, 0.25) is 15.9 Å². The van der Waals surface area contributed by atoms with Gasteiger partial charge in [0.1, 0.15) is 0 Å². The maximum atomic E-state index is 12.7. The van der Waals surface area contributed by atoms with E-state index in [2.05, 4.69) is 10.2 Å². The molecule has 0 bridgehead atoms. The largest absolute Gasteiger partial charge is 0.351 e. The molecule has 2 fully saturated rings. The average Bonchev–Trinajstić information content (AvgIpc) is 3.00. The molecule has 2 saturated heterocycles. The SMILES string of the molecule is Cc1ccc(S(=O)(=O)N(C)CC(=O)NC2CCN3CCCCC23)cc1C. The Balaban J connectivity index is 1.62. The third-order valence-corrected chi connectivity index (χ3v) is 7.55. The van der Waals surface area contributed by atoms with Crippen LogP contribution >= 0.6 is 0 Å². The fourth-order valence-electron chi connectivity index (χ4n) is 4.01. The smallest absolute Gasteiger partial charge is 0.243 e. The highest BCUT2D eigenvalue weighted by molar-refractivity contribution is 7.89. The highest BCUT2D eigenvalue weighted by atomic mass is 32.2. The predicted molar refractivity (Wildman–Crippen MR) is 101 cm³/mol. The number of nitrogens with zero attached hydrogens (tertiary/aromatic N) is 2. The number of carbonyl (C=O) groups is 1. The molecule has 2 aliphatic heterocycles. The van der Waals surface area contributed by atoms with Gasteiger partial charge in [0.05, 0.1) is 11.4 Å². The minimum absolute atomic E-state index is 0.139. The second-order valence-electron chi connectivity index (χ2n) is 7.57. The Morgan fingerprint density at radius 2 is 1.96 bits per heavy atom. The van der Waals surface area contributed by atoms with Crippen LogP contribution in [0.1, 0.15) is 36.8 Å². The van der Waals surface area contributed by atoms with Gasteiger partial charge in [0.15, 0.2) is 0 Å². The van der Waals surface area contributed by atoms with Gasteiger partial charge in [0, 0.05) is 25.7 Å². The van der Waals surface area contributed by atoms with E-state index in [9.17, 15) is 13.2 Å². The Kier molecular flexibility index (Phi) is 5.69. The van der Waals surface area contributed by atoms with Crippen LogP contribution in [-0.2, 0) is 14.8 Å². The van der Waals surface area contributed by atoms with E-state index in [0.717, 1.165) is 41.4 Å². The highest BCUT2D eigenvalue weighted by Crippen LogP contribution is 2.27. The standard InChI is InChI=1S/C19H29N3O3S/c1-14-7-8-16(12-15(14)2)26(24,25)21(3)13-19(23)20-17-9-11-22-10-5-4-6-18(17)22/h7-8,12,17-18H,4-6,9-11,13H2,1-3H3,(H,20,23). The molecule has 1 amide bonds. The number of hydrogen-bond acceptors (Lipinski definition) is 4. The van der Waals surface area contributed by atoms with Gasteiger partial charge in [0.25, 0.3) is 0 Å². The van der Waals surface area contributed by atoms with Gasteiger partial charge in [-0.3, -0.25) is 9.69 Å². The van der Waals surface area contributed by atoms with Crippen molar-refractivity contribution in [2.75, 3.05) is 26.7 Å². The van der Waals surface area contributed by atoms with Gasteiger partial charge >= 0.3 is 0 Å². The van der Waals surface area contributed by atoms with Crippen LogP contribution < -0.4 is 5.32 Å².